The first-order valence-electron chi connectivity index (χ1n) is 12.5. The molecule has 3 atom stereocenters. The lowest BCUT2D eigenvalue weighted by Crippen LogP contribution is -2.52. The number of nitrogens with zero attached hydrogens (tertiary/aromatic N) is 3. The average Bonchev–Trinajstić information content (AvgIpc) is 3.49. The lowest BCUT2D eigenvalue weighted by atomic mass is 10.0. The quantitative estimate of drug-likeness (QED) is 0.361. The molecule has 3 heterocycles. The van der Waals surface area contributed by atoms with E-state index in [4.69, 9.17) is 0 Å². The highest BCUT2D eigenvalue weighted by molar-refractivity contribution is 7.89. The molecule has 3 unspecified atom stereocenters. The van der Waals surface area contributed by atoms with Gasteiger partial charge in [-0.3, -0.25) is 14.4 Å². The summed E-state index contributed by atoms with van der Waals surface area (Å²) < 4.78 is 28.0. The van der Waals surface area contributed by atoms with Gasteiger partial charge in [0.25, 0.3) is 5.91 Å². The molecule has 2 amide bonds. The fourth-order valence-corrected chi connectivity index (χ4v) is 7.01. The van der Waals surface area contributed by atoms with E-state index >= 15 is 0 Å². The molecule has 38 heavy (non-hydrogen) atoms. The summed E-state index contributed by atoms with van der Waals surface area (Å²) in [4.78, 5) is 40.9. The SMILES string of the molecule is CCCC(NC(=O)c1ccc2ccccc2c1)C(=O)N1CCC2C1C(=O)CN2S(=O)(=O)c1ccc[n+]([O-])c1. The van der Waals surface area contributed by atoms with Crippen molar-refractivity contribution in [2.24, 2.45) is 0 Å². The van der Waals surface area contributed by atoms with Crippen LogP contribution in [0.4, 0.5) is 0 Å². The number of likely N-dealkylation sites (tertiary alicyclic amines) is 1. The zero-order valence-corrected chi connectivity index (χ0v) is 21.6. The molecule has 5 rings (SSSR count). The molecule has 2 aliphatic rings. The minimum atomic E-state index is -4.12. The van der Waals surface area contributed by atoms with E-state index in [0.29, 0.717) is 23.1 Å². The summed E-state index contributed by atoms with van der Waals surface area (Å²) in [6.07, 6.45) is 3.39. The van der Waals surface area contributed by atoms with Gasteiger partial charge in [0.15, 0.2) is 18.2 Å². The van der Waals surface area contributed by atoms with Crippen molar-refractivity contribution in [3.05, 3.63) is 77.8 Å². The van der Waals surface area contributed by atoms with Crippen LogP contribution in [0.3, 0.4) is 0 Å². The number of pyridine rings is 1. The molecule has 2 fully saturated rings. The van der Waals surface area contributed by atoms with Gasteiger partial charge in [-0.2, -0.15) is 9.04 Å². The Balaban J connectivity index is 1.35. The van der Waals surface area contributed by atoms with Gasteiger partial charge in [-0.1, -0.05) is 43.7 Å². The standard InChI is InChI=1S/C27H28N4O6S/c1-2-6-22(28-26(33)20-11-10-18-7-3-4-8-19(18)15-20)27(34)30-14-12-23-25(30)24(32)17-31(23)38(36,37)21-9-5-13-29(35)16-21/h3-5,7-11,13,15-16,22-23,25H,2,6,12,14,17H2,1H3,(H,28,33). The Hall–Kier alpha value is -3.83. The van der Waals surface area contributed by atoms with E-state index in [1.165, 1.54) is 23.2 Å². The Morgan fingerprint density at radius 2 is 1.89 bits per heavy atom. The first kappa shape index (κ1) is 25.8. The highest BCUT2D eigenvalue weighted by Gasteiger charge is 2.54. The van der Waals surface area contributed by atoms with Gasteiger partial charge in [-0.05, 0) is 41.8 Å². The van der Waals surface area contributed by atoms with Gasteiger partial charge in [0, 0.05) is 18.2 Å². The minimum absolute atomic E-state index is 0.189. The number of benzene rings is 2. The summed E-state index contributed by atoms with van der Waals surface area (Å²) in [5.41, 5.74) is 0.421. The molecule has 10 nitrogen and oxygen atoms in total. The van der Waals surface area contributed by atoms with E-state index in [2.05, 4.69) is 5.32 Å². The summed E-state index contributed by atoms with van der Waals surface area (Å²) in [6.45, 7) is 1.71. The van der Waals surface area contributed by atoms with Crippen molar-refractivity contribution < 1.29 is 27.5 Å². The molecule has 1 aromatic heterocycles. The van der Waals surface area contributed by atoms with Crippen molar-refractivity contribution >= 4 is 38.4 Å². The molecule has 0 spiro atoms. The van der Waals surface area contributed by atoms with Crippen LogP contribution in [-0.2, 0) is 19.6 Å². The largest absolute Gasteiger partial charge is 0.619 e. The molecule has 0 bridgehead atoms. The van der Waals surface area contributed by atoms with Crippen molar-refractivity contribution in [1.82, 2.24) is 14.5 Å². The molecule has 11 heteroatoms. The highest BCUT2D eigenvalue weighted by Crippen LogP contribution is 2.34. The van der Waals surface area contributed by atoms with Gasteiger partial charge < -0.3 is 15.4 Å². The Morgan fingerprint density at radius 1 is 1.13 bits per heavy atom. The van der Waals surface area contributed by atoms with Crippen molar-refractivity contribution in [2.45, 2.75) is 49.2 Å². The van der Waals surface area contributed by atoms with E-state index in [1.807, 2.05) is 37.3 Å². The minimum Gasteiger partial charge on any atom is -0.619 e. The smallest absolute Gasteiger partial charge is 0.251 e. The number of sulfonamides is 1. The number of carbonyl (C=O) groups is 3. The zero-order chi connectivity index (χ0) is 27.0. The Labute approximate surface area is 220 Å². The second-order valence-corrected chi connectivity index (χ2v) is 11.5. The van der Waals surface area contributed by atoms with Crippen LogP contribution in [0.2, 0.25) is 0 Å². The van der Waals surface area contributed by atoms with Crippen molar-refractivity contribution in [2.75, 3.05) is 13.1 Å². The number of ketones is 1. The summed E-state index contributed by atoms with van der Waals surface area (Å²) in [5, 5.41) is 16.4. The number of fused-ring (bicyclic) bond motifs is 2. The lowest BCUT2D eigenvalue weighted by molar-refractivity contribution is -0.607. The monoisotopic (exact) mass is 536 g/mol. The number of aromatic nitrogens is 1. The van der Waals surface area contributed by atoms with E-state index in [9.17, 15) is 28.0 Å². The van der Waals surface area contributed by atoms with Gasteiger partial charge in [-0.25, -0.2) is 8.42 Å². The van der Waals surface area contributed by atoms with E-state index < -0.39 is 40.0 Å². The second-order valence-electron chi connectivity index (χ2n) is 9.63. The molecule has 0 saturated carbocycles. The van der Waals surface area contributed by atoms with Crippen LogP contribution in [0.25, 0.3) is 10.8 Å². The van der Waals surface area contributed by atoms with Gasteiger partial charge >= 0.3 is 0 Å². The third kappa shape index (κ3) is 4.63. The summed E-state index contributed by atoms with van der Waals surface area (Å²) in [5.74, 6) is -1.18. The first-order valence-corrected chi connectivity index (χ1v) is 14.0. The lowest BCUT2D eigenvalue weighted by Gasteiger charge is -2.28. The maximum absolute atomic E-state index is 13.6. The van der Waals surface area contributed by atoms with Gasteiger partial charge in [0.05, 0.1) is 12.6 Å². The van der Waals surface area contributed by atoms with Crippen LogP contribution in [0.15, 0.2) is 71.9 Å². The molecule has 0 aliphatic carbocycles. The van der Waals surface area contributed by atoms with Crippen molar-refractivity contribution in [3.63, 3.8) is 0 Å². The predicted molar refractivity (Wildman–Crippen MR) is 138 cm³/mol. The topological polar surface area (TPSA) is 131 Å². The van der Waals surface area contributed by atoms with Crippen LogP contribution in [0, 0.1) is 5.21 Å². The third-order valence-corrected chi connectivity index (χ3v) is 9.06. The molecular weight excluding hydrogens is 508 g/mol. The summed E-state index contributed by atoms with van der Waals surface area (Å²) >= 11 is 0. The molecule has 2 aliphatic heterocycles. The molecule has 2 saturated heterocycles. The highest BCUT2D eigenvalue weighted by atomic mass is 32.2. The molecule has 0 radical (unpaired) electrons. The Morgan fingerprint density at radius 3 is 2.63 bits per heavy atom. The Bertz CT molecular complexity index is 1520. The number of rotatable bonds is 7. The van der Waals surface area contributed by atoms with Crippen LogP contribution in [0.1, 0.15) is 36.5 Å². The van der Waals surface area contributed by atoms with Gasteiger partial charge in [0.1, 0.15) is 17.0 Å². The number of nitrogens with one attached hydrogen (secondary N) is 1. The van der Waals surface area contributed by atoms with Crippen LogP contribution in [0.5, 0.6) is 0 Å². The number of hydrogen-bond acceptors (Lipinski definition) is 6. The number of Topliss-reactive ketones (excluding diaryl/α,β-unsaturated/α-hetero) is 1. The zero-order valence-electron chi connectivity index (χ0n) is 20.8. The molecular formula is C27H28N4O6S. The average molecular weight is 537 g/mol. The normalized spacial score (nSPS) is 20.4. The van der Waals surface area contributed by atoms with Crippen molar-refractivity contribution in [3.8, 4) is 0 Å². The first-order chi connectivity index (χ1) is 18.2. The van der Waals surface area contributed by atoms with E-state index in [1.54, 1.807) is 12.1 Å². The van der Waals surface area contributed by atoms with Gasteiger partial charge in [0.2, 0.25) is 15.9 Å². The summed E-state index contributed by atoms with van der Waals surface area (Å²) in [6, 6.07) is 13.1. The van der Waals surface area contributed by atoms with Crippen LogP contribution < -0.4 is 10.0 Å². The fraction of sp³-hybridized carbons (Fsp3) is 0.333. The maximum atomic E-state index is 13.6. The van der Waals surface area contributed by atoms with Crippen LogP contribution >= 0.6 is 0 Å². The predicted octanol–water partition coefficient (Wildman–Crippen LogP) is 1.61. The van der Waals surface area contributed by atoms with E-state index in [-0.39, 0.29) is 30.2 Å². The number of carbonyl (C=O) groups excluding carboxylic acids is 3. The maximum Gasteiger partial charge on any atom is 0.251 e. The van der Waals surface area contributed by atoms with Crippen molar-refractivity contribution in [1.29, 1.82) is 0 Å². The van der Waals surface area contributed by atoms with Crippen LogP contribution in [-0.4, -0.2) is 66.4 Å². The Kier molecular flexibility index (Phi) is 6.89. The molecule has 2 aromatic carbocycles. The molecule has 1 N–H and O–H groups in total. The fourth-order valence-electron chi connectivity index (χ4n) is 5.38. The molecule has 3 aromatic rings. The number of amides is 2. The third-order valence-electron chi connectivity index (χ3n) is 7.21. The number of hydrogen-bond donors (Lipinski definition) is 1. The van der Waals surface area contributed by atoms with Gasteiger partial charge in [-0.15, -0.1) is 0 Å². The second kappa shape index (κ2) is 10.1. The molecule has 198 valence electrons. The summed E-state index contributed by atoms with van der Waals surface area (Å²) in [7, 11) is -4.12. The van der Waals surface area contributed by atoms with E-state index in [0.717, 1.165) is 21.3 Å².